The minimum absolute atomic E-state index is 0.572. The molecule has 2 rings (SSSR count). The first-order valence-electron chi connectivity index (χ1n) is 6.59. The second-order valence-corrected chi connectivity index (χ2v) is 5.18. The highest BCUT2D eigenvalue weighted by molar-refractivity contribution is 6.30. The quantitative estimate of drug-likeness (QED) is 0.690. The van der Waals surface area contributed by atoms with Crippen molar-refractivity contribution in [3.63, 3.8) is 0 Å². The molecule has 112 valence electrons. The second kappa shape index (κ2) is 7.08. The summed E-state index contributed by atoms with van der Waals surface area (Å²) < 4.78 is 1.87. The molecule has 0 spiro atoms. The first kappa shape index (κ1) is 15.3. The number of guanidine groups is 1. The number of benzene rings is 1. The Hall–Kier alpha value is -2.08. The SMILES string of the molecule is CN=C(NCc1nncn1C)N(C)Cc1cccc(Cl)c1. The highest BCUT2D eigenvalue weighted by Crippen LogP contribution is 2.12. The van der Waals surface area contributed by atoms with E-state index in [0.717, 1.165) is 28.9 Å². The van der Waals surface area contributed by atoms with Crippen LogP contribution in [-0.2, 0) is 20.1 Å². The zero-order valence-electron chi connectivity index (χ0n) is 12.4. The molecule has 6 nitrogen and oxygen atoms in total. The molecule has 1 aromatic carbocycles. The number of rotatable bonds is 4. The Morgan fingerprint density at radius 3 is 2.90 bits per heavy atom. The van der Waals surface area contributed by atoms with Gasteiger partial charge in [-0.2, -0.15) is 0 Å². The van der Waals surface area contributed by atoms with E-state index >= 15 is 0 Å². The lowest BCUT2D eigenvalue weighted by atomic mass is 10.2. The molecule has 0 saturated heterocycles. The molecule has 0 amide bonds. The van der Waals surface area contributed by atoms with Crippen LogP contribution in [0.5, 0.6) is 0 Å². The van der Waals surface area contributed by atoms with Gasteiger partial charge in [0.1, 0.15) is 6.33 Å². The molecular formula is C14H19ClN6. The van der Waals surface area contributed by atoms with Crippen molar-refractivity contribution >= 4 is 17.6 Å². The van der Waals surface area contributed by atoms with E-state index in [9.17, 15) is 0 Å². The Labute approximate surface area is 129 Å². The minimum atomic E-state index is 0.572. The van der Waals surface area contributed by atoms with E-state index < -0.39 is 0 Å². The van der Waals surface area contributed by atoms with E-state index in [2.05, 4.69) is 20.5 Å². The van der Waals surface area contributed by atoms with Crippen molar-refractivity contribution in [2.24, 2.45) is 12.0 Å². The molecule has 0 fully saturated rings. The Morgan fingerprint density at radius 1 is 1.48 bits per heavy atom. The summed E-state index contributed by atoms with van der Waals surface area (Å²) in [5.41, 5.74) is 1.13. The first-order valence-corrected chi connectivity index (χ1v) is 6.97. The average Bonchev–Trinajstić information content (AvgIpc) is 2.85. The Bertz CT molecular complexity index is 621. The van der Waals surface area contributed by atoms with Gasteiger partial charge in [-0.15, -0.1) is 10.2 Å². The van der Waals surface area contributed by atoms with Crippen molar-refractivity contribution in [3.8, 4) is 0 Å². The molecule has 2 aromatic rings. The summed E-state index contributed by atoms with van der Waals surface area (Å²) in [5, 5.41) is 11.9. The van der Waals surface area contributed by atoms with Crippen molar-refractivity contribution in [1.29, 1.82) is 0 Å². The molecule has 0 saturated carbocycles. The fourth-order valence-electron chi connectivity index (χ4n) is 1.99. The van der Waals surface area contributed by atoms with E-state index in [-0.39, 0.29) is 0 Å². The van der Waals surface area contributed by atoms with Gasteiger partial charge >= 0.3 is 0 Å². The zero-order valence-corrected chi connectivity index (χ0v) is 13.2. The van der Waals surface area contributed by atoms with E-state index in [1.54, 1.807) is 13.4 Å². The van der Waals surface area contributed by atoms with Gasteiger partial charge in [0.05, 0.1) is 6.54 Å². The lowest BCUT2D eigenvalue weighted by molar-refractivity contribution is 0.474. The number of halogens is 1. The van der Waals surface area contributed by atoms with Gasteiger partial charge in [0.25, 0.3) is 0 Å². The minimum Gasteiger partial charge on any atom is -0.349 e. The van der Waals surface area contributed by atoms with Crippen LogP contribution in [0, 0.1) is 0 Å². The molecule has 0 aliphatic heterocycles. The van der Waals surface area contributed by atoms with Crippen LogP contribution in [0.15, 0.2) is 35.6 Å². The largest absolute Gasteiger partial charge is 0.349 e. The van der Waals surface area contributed by atoms with Crippen molar-refractivity contribution in [3.05, 3.63) is 47.0 Å². The predicted octanol–water partition coefficient (Wildman–Crippen LogP) is 1.68. The molecule has 1 N–H and O–H groups in total. The second-order valence-electron chi connectivity index (χ2n) is 4.74. The highest BCUT2D eigenvalue weighted by Gasteiger charge is 2.08. The van der Waals surface area contributed by atoms with Gasteiger partial charge in [-0.25, -0.2) is 0 Å². The maximum absolute atomic E-state index is 6.01. The van der Waals surface area contributed by atoms with Crippen molar-refractivity contribution in [2.45, 2.75) is 13.1 Å². The number of nitrogens with zero attached hydrogens (tertiary/aromatic N) is 5. The molecule has 0 radical (unpaired) electrons. The molecule has 21 heavy (non-hydrogen) atoms. The number of aryl methyl sites for hydroxylation is 1. The summed E-state index contributed by atoms with van der Waals surface area (Å²) >= 11 is 6.01. The summed E-state index contributed by atoms with van der Waals surface area (Å²) in [6.45, 7) is 1.29. The van der Waals surface area contributed by atoms with Crippen molar-refractivity contribution in [2.75, 3.05) is 14.1 Å². The van der Waals surface area contributed by atoms with Crippen LogP contribution in [0.3, 0.4) is 0 Å². The average molecular weight is 307 g/mol. The fraction of sp³-hybridized carbons (Fsp3) is 0.357. The fourth-order valence-corrected chi connectivity index (χ4v) is 2.21. The normalized spacial score (nSPS) is 11.5. The molecule has 1 heterocycles. The summed E-state index contributed by atoms with van der Waals surface area (Å²) in [7, 11) is 5.65. The number of hydrogen-bond acceptors (Lipinski definition) is 3. The van der Waals surface area contributed by atoms with Gasteiger partial charge in [-0.3, -0.25) is 4.99 Å². The van der Waals surface area contributed by atoms with Gasteiger partial charge in [-0.1, -0.05) is 23.7 Å². The molecule has 0 atom stereocenters. The van der Waals surface area contributed by atoms with Gasteiger partial charge in [0, 0.05) is 32.7 Å². The number of aromatic nitrogens is 3. The summed E-state index contributed by atoms with van der Waals surface area (Å²) in [4.78, 5) is 6.31. The van der Waals surface area contributed by atoms with Crippen molar-refractivity contribution in [1.82, 2.24) is 25.0 Å². The van der Waals surface area contributed by atoms with Gasteiger partial charge in [0.2, 0.25) is 0 Å². The molecule has 1 aromatic heterocycles. The van der Waals surface area contributed by atoms with Crippen LogP contribution in [0.2, 0.25) is 5.02 Å². The monoisotopic (exact) mass is 306 g/mol. The molecular weight excluding hydrogens is 288 g/mol. The molecule has 0 aliphatic rings. The van der Waals surface area contributed by atoms with Crippen LogP contribution < -0.4 is 5.32 Å². The van der Waals surface area contributed by atoms with Gasteiger partial charge < -0.3 is 14.8 Å². The Balaban J connectivity index is 1.96. The van der Waals surface area contributed by atoms with Gasteiger partial charge in [-0.05, 0) is 17.7 Å². The number of hydrogen-bond donors (Lipinski definition) is 1. The summed E-state index contributed by atoms with van der Waals surface area (Å²) in [6.07, 6.45) is 1.68. The molecule has 7 heteroatoms. The molecule has 0 unspecified atom stereocenters. The van der Waals surface area contributed by atoms with E-state index in [0.29, 0.717) is 6.54 Å². The Morgan fingerprint density at radius 2 is 2.29 bits per heavy atom. The topological polar surface area (TPSA) is 58.3 Å². The predicted molar refractivity (Wildman–Crippen MR) is 84.1 cm³/mol. The third-order valence-electron chi connectivity index (χ3n) is 3.09. The number of nitrogens with one attached hydrogen (secondary N) is 1. The molecule has 0 aliphatic carbocycles. The summed E-state index contributed by atoms with van der Waals surface area (Å²) in [5.74, 6) is 1.64. The van der Waals surface area contributed by atoms with Crippen LogP contribution in [-0.4, -0.2) is 39.7 Å². The maximum atomic E-state index is 6.01. The maximum Gasteiger partial charge on any atom is 0.194 e. The van der Waals surface area contributed by atoms with Crippen LogP contribution in [0.25, 0.3) is 0 Å². The van der Waals surface area contributed by atoms with E-state index in [1.165, 1.54) is 0 Å². The third-order valence-corrected chi connectivity index (χ3v) is 3.33. The molecule has 0 bridgehead atoms. The van der Waals surface area contributed by atoms with Crippen molar-refractivity contribution < 1.29 is 0 Å². The smallest absolute Gasteiger partial charge is 0.194 e. The lowest BCUT2D eigenvalue weighted by Crippen LogP contribution is -2.38. The first-order chi connectivity index (χ1) is 10.1. The van der Waals surface area contributed by atoms with Crippen LogP contribution in [0.4, 0.5) is 0 Å². The van der Waals surface area contributed by atoms with E-state index in [1.807, 2.05) is 47.8 Å². The van der Waals surface area contributed by atoms with Crippen LogP contribution >= 0.6 is 11.6 Å². The number of aliphatic imine (C=N–C) groups is 1. The lowest BCUT2D eigenvalue weighted by Gasteiger charge is -2.22. The third kappa shape index (κ3) is 4.19. The summed E-state index contributed by atoms with van der Waals surface area (Å²) in [6, 6.07) is 7.81. The zero-order chi connectivity index (χ0) is 15.2. The van der Waals surface area contributed by atoms with Crippen LogP contribution in [0.1, 0.15) is 11.4 Å². The van der Waals surface area contributed by atoms with Gasteiger partial charge in [0.15, 0.2) is 11.8 Å². The van der Waals surface area contributed by atoms with E-state index in [4.69, 9.17) is 11.6 Å². The Kier molecular flexibility index (Phi) is 5.16. The standard InChI is InChI=1S/C14H19ClN6/c1-16-14(17-8-13-19-18-10-21(13)3)20(2)9-11-5-4-6-12(15)7-11/h4-7,10H,8-9H2,1-3H3,(H,16,17). The highest BCUT2D eigenvalue weighted by atomic mass is 35.5.